The van der Waals surface area contributed by atoms with Gasteiger partial charge >= 0.3 is 5.97 Å². The van der Waals surface area contributed by atoms with Gasteiger partial charge in [0.15, 0.2) is 6.61 Å². The smallest absolute Gasteiger partial charge is 0.338 e. The van der Waals surface area contributed by atoms with E-state index in [9.17, 15) is 9.59 Å². The van der Waals surface area contributed by atoms with E-state index in [1.807, 2.05) is 29.6 Å². The third-order valence-corrected chi connectivity index (χ3v) is 6.70. The van der Waals surface area contributed by atoms with Crippen molar-refractivity contribution in [1.82, 2.24) is 5.32 Å². The van der Waals surface area contributed by atoms with Gasteiger partial charge < -0.3 is 10.1 Å². The van der Waals surface area contributed by atoms with Crippen LogP contribution in [0.25, 0.3) is 0 Å². The Balaban J connectivity index is 1.49. The van der Waals surface area contributed by atoms with Crippen molar-refractivity contribution in [1.29, 1.82) is 0 Å². The van der Waals surface area contributed by atoms with Crippen molar-refractivity contribution >= 4 is 51.1 Å². The Morgan fingerprint density at radius 3 is 2.88 bits per heavy atom. The van der Waals surface area contributed by atoms with Crippen LogP contribution in [0, 0.1) is 0 Å². The number of hydrogen-bond donors (Lipinski definition) is 1. The number of hydrogen-bond acceptors (Lipinski definition) is 7. The molecule has 1 aromatic heterocycles. The molecule has 1 N–H and O–H groups in total. The maximum atomic E-state index is 12.4. The lowest BCUT2D eigenvalue weighted by atomic mass is 10.1. The molecule has 1 aromatic carbocycles. The second kappa shape index (κ2) is 9.80. The maximum Gasteiger partial charge on any atom is 0.338 e. The number of aliphatic imine (C=N–C) groups is 1. The van der Waals surface area contributed by atoms with Crippen molar-refractivity contribution in [2.24, 2.45) is 4.99 Å². The lowest BCUT2D eigenvalue weighted by molar-refractivity contribution is -0.124. The predicted molar refractivity (Wildman–Crippen MR) is 109 cm³/mol. The summed E-state index contributed by atoms with van der Waals surface area (Å²) < 4.78 is 6.24. The van der Waals surface area contributed by atoms with Crippen molar-refractivity contribution < 1.29 is 14.3 Å². The van der Waals surface area contributed by atoms with Crippen LogP contribution in [0.5, 0.6) is 0 Å². The van der Waals surface area contributed by atoms with Gasteiger partial charge in [-0.3, -0.25) is 9.79 Å². The van der Waals surface area contributed by atoms with Crippen molar-refractivity contribution in [2.45, 2.75) is 12.3 Å². The highest BCUT2D eigenvalue weighted by Crippen LogP contribution is 2.26. The standard InChI is InChI=1S/C18H18N2O3S3/c21-16(20-10-14-5-3-8-24-14)11-23-17(22)15-6-2-1-4-13(15)12-26-18-19-7-9-25-18/h1-6,8H,7,9-12H2,(H,20,21). The molecule has 2 aromatic rings. The lowest BCUT2D eigenvalue weighted by Gasteiger charge is -2.09. The van der Waals surface area contributed by atoms with Gasteiger partial charge in [-0.05, 0) is 23.1 Å². The molecule has 0 fully saturated rings. The largest absolute Gasteiger partial charge is 0.452 e. The highest BCUT2D eigenvalue weighted by atomic mass is 32.2. The molecule has 0 radical (unpaired) electrons. The molecule has 0 spiro atoms. The van der Waals surface area contributed by atoms with Gasteiger partial charge in [0, 0.05) is 16.4 Å². The molecule has 8 heteroatoms. The first-order chi connectivity index (χ1) is 12.7. The fraction of sp³-hybridized carbons (Fsp3) is 0.278. The lowest BCUT2D eigenvalue weighted by Crippen LogP contribution is -2.28. The molecule has 26 heavy (non-hydrogen) atoms. The summed E-state index contributed by atoms with van der Waals surface area (Å²) >= 11 is 4.93. The first-order valence-corrected chi connectivity index (χ1v) is 10.9. The zero-order chi connectivity index (χ0) is 18.2. The number of amides is 1. The van der Waals surface area contributed by atoms with Gasteiger partial charge in [0.1, 0.15) is 4.38 Å². The van der Waals surface area contributed by atoms with Crippen LogP contribution in [0.15, 0.2) is 46.8 Å². The van der Waals surface area contributed by atoms with Gasteiger partial charge in [-0.2, -0.15) is 0 Å². The topological polar surface area (TPSA) is 67.8 Å². The molecule has 3 rings (SSSR count). The Labute approximate surface area is 164 Å². The molecule has 1 aliphatic heterocycles. The number of carbonyl (C=O) groups excluding carboxylic acids is 2. The van der Waals surface area contributed by atoms with E-state index < -0.39 is 5.97 Å². The van der Waals surface area contributed by atoms with Crippen LogP contribution < -0.4 is 5.32 Å². The minimum atomic E-state index is -0.478. The first-order valence-electron chi connectivity index (χ1n) is 8.06. The molecular formula is C18H18N2O3S3. The molecule has 0 atom stereocenters. The number of rotatable bonds is 7. The number of nitrogens with zero attached hydrogens (tertiary/aromatic N) is 1. The average Bonchev–Trinajstić information content (AvgIpc) is 3.36. The summed E-state index contributed by atoms with van der Waals surface area (Å²) in [6.45, 7) is 1.02. The first kappa shape index (κ1) is 19.0. The fourth-order valence-electron chi connectivity index (χ4n) is 2.25. The Hall–Kier alpha value is -1.77. The van der Waals surface area contributed by atoms with E-state index in [0.717, 1.165) is 27.1 Å². The van der Waals surface area contributed by atoms with Crippen molar-refractivity contribution in [3.63, 3.8) is 0 Å². The van der Waals surface area contributed by atoms with E-state index in [-0.39, 0.29) is 12.5 Å². The second-order valence-electron chi connectivity index (χ2n) is 5.37. The number of ether oxygens (including phenoxy) is 1. The van der Waals surface area contributed by atoms with Gasteiger partial charge in [-0.25, -0.2) is 4.79 Å². The van der Waals surface area contributed by atoms with Gasteiger partial charge in [0.05, 0.1) is 18.7 Å². The van der Waals surface area contributed by atoms with Crippen LogP contribution >= 0.6 is 34.9 Å². The highest BCUT2D eigenvalue weighted by Gasteiger charge is 2.16. The Kier molecular flexibility index (Phi) is 7.16. The molecule has 0 unspecified atom stereocenters. The van der Waals surface area contributed by atoms with E-state index in [0.29, 0.717) is 17.9 Å². The second-order valence-corrected chi connectivity index (χ2v) is 8.71. The van der Waals surface area contributed by atoms with Crippen LogP contribution in [0.2, 0.25) is 0 Å². The van der Waals surface area contributed by atoms with E-state index in [4.69, 9.17) is 4.74 Å². The van der Waals surface area contributed by atoms with Gasteiger partial charge in [0.2, 0.25) is 0 Å². The summed E-state index contributed by atoms with van der Waals surface area (Å²) in [7, 11) is 0. The molecule has 0 saturated carbocycles. The monoisotopic (exact) mass is 406 g/mol. The number of nitrogens with one attached hydrogen (secondary N) is 1. The quantitative estimate of drug-likeness (QED) is 0.712. The Morgan fingerprint density at radius 2 is 2.12 bits per heavy atom. The highest BCUT2D eigenvalue weighted by molar-refractivity contribution is 8.38. The zero-order valence-corrected chi connectivity index (χ0v) is 16.4. The number of thioether (sulfide) groups is 2. The Bertz CT molecular complexity index is 791. The summed E-state index contributed by atoms with van der Waals surface area (Å²) in [6, 6.07) is 11.2. The van der Waals surface area contributed by atoms with Crippen molar-refractivity contribution in [2.75, 3.05) is 18.9 Å². The number of carbonyl (C=O) groups is 2. The molecule has 0 bridgehead atoms. The normalized spacial score (nSPS) is 13.3. The van der Waals surface area contributed by atoms with Crippen molar-refractivity contribution in [3.8, 4) is 0 Å². The van der Waals surface area contributed by atoms with E-state index in [2.05, 4.69) is 10.3 Å². The molecule has 5 nitrogen and oxygen atoms in total. The summed E-state index contributed by atoms with van der Waals surface area (Å²) in [5.74, 6) is 0.887. The maximum absolute atomic E-state index is 12.4. The van der Waals surface area contributed by atoms with Crippen LogP contribution in [0.4, 0.5) is 0 Å². The van der Waals surface area contributed by atoms with Crippen LogP contribution in [-0.4, -0.2) is 35.2 Å². The molecule has 1 aliphatic rings. The summed E-state index contributed by atoms with van der Waals surface area (Å²) in [5, 5.41) is 4.69. The zero-order valence-electron chi connectivity index (χ0n) is 14.0. The summed E-state index contributed by atoms with van der Waals surface area (Å²) in [6.07, 6.45) is 0. The molecule has 2 heterocycles. The van der Waals surface area contributed by atoms with Crippen molar-refractivity contribution in [3.05, 3.63) is 57.8 Å². The summed E-state index contributed by atoms with van der Waals surface area (Å²) in [4.78, 5) is 29.7. The van der Waals surface area contributed by atoms with Gasteiger partial charge in [-0.1, -0.05) is 47.8 Å². The number of benzene rings is 1. The van der Waals surface area contributed by atoms with E-state index in [1.54, 1.807) is 47.0 Å². The minimum Gasteiger partial charge on any atom is -0.452 e. The minimum absolute atomic E-state index is 0.283. The predicted octanol–water partition coefficient (Wildman–Crippen LogP) is 3.56. The van der Waals surface area contributed by atoms with Gasteiger partial charge in [-0.15, -0.1) is 11.3 Å². The molecule has 1 amide bonds. The van der Waals surface area contributed by atoms with E-state index in [1.165, 1.54) is 0 Å². The van der Waals surface area contributed by atoms with Crippen LogP contribution in [0.3, 0.4) is 0 Å². The third kappa shape index (κ3) is 5.62. The van der Waals surface area contributed by atoms with Gasteiger partial charge in [0.25, 0.3) is 5.91 Å². The molecular weight excluding hydrogens is 388 g/mol. The summed E-state index contributed by atoms with van der Waals surface area (Å²) in [5.41, 5.74) is 1.38. The number of thiophene rings is 1. The average molecular weight is 407 g/mol. The molecule has 136 valence electrons. The Morgan fingerprint density at radius 1 is 1.23 bits per heavy atom. The SMILES string of the molecule is O=C(COC(=O)c1ccccc1CSC1=NCCS1)NCc1cccs1. The molecule has 0 aliphatic carbocycles. The fourth-order valence-corrected chi connectivity index (χ4v) is 4.90. The molecule has 0 saturated heterocycles. The number of esters is 1. The third-order valence-electron chi connectivity index (χ3n) is 3.52. The van der Waals surface area contributed by atoms with E-state index >= 15 is 0 Å². The van der Waals surface area contributed by atoms with Crippen LogP contribution in [0.1, 0.15) is 20.8 Å². The van der Waals surface area contributed by atoms with Crippen LogP contribution in [-0.2, 0) is 21.8 Å².